The number of nitrogens with zero attached hydrogens (tertiary/aromatic N) is 3. The molecule has 0 saturated carbocycles. The number of anilines is 2. The summed E-state index contributed by atoms with van der Waals surface area (Å²) in [5, 5.41) is 6.52. The Labute approximate surface area is 252 Å². The largest absolute Gasteiger partial charge is 0.492 e. The predicted octanol–water partition coefficient (Wildman–Crippen LogP) is 5.48. The van der Waals surface area contributed by atoms with Gasteiger partial charge in [-0.3, -0.25) is 9.59 Å². The Morgan fingerprint density at radius 2 is 1.82 bits per heavy atom. The molecule has 18 heteroatoms. The number of aromatic nitrogens is 3. The molecule has 1 aromatic carbocycles. The van der Waals surface area contributed by atoms with Gasteiger partial charge in [0.25, 0.3) is 5.91 Å². The molecule has 1 fully saturated rings. The monoisotopic (exact) mass is 654 g/mol. The van der Waals surface area contributed by atoms with Crippen LogP contribution in [-0.4, -0.2) is 62.5 Å². The first-order chi connectivity index (χ1) is 21.1. The summed E-state index contributed by atoms with van der Waals surface area (Å²) in [6.07, 6.45) is -6.29. The highest BCUT2D eigenvalue weighted by atomic mass is 35.5. The molecule has 4 aromatic rings. The van der Waals surface area contributed by atoms with Gasteiger partial charge in [0, 0.05) is 36.6 Å². The fourth-order valence-corrected chi connectivity index (χ4v) is 5.25. The third-order valence-corrected chi connectivity index (χ3v) is 7.45. The average Bonchev–Trinajstić information content (AvgIpc) is 3.58. The van der Waals surface area contributed by atoms with E-state index in [2.05, 4.69) is 30.4 Å². The van der Waals surface area contributed by atoms with Gasteiger partial charge in [0.15, 0.2) is 5.78 Å². The number of carbonyl (C=O) groups excluding carboxylic acids is 3. The number of pyridine rings is 2. The van der Waals surface area contributed by atoms with Crippen LogP contribution in [0, 0.1) is 0 Å². The second-order valence-corrected chi connectivity index (χ2v) is 10.5. The minimum absolute atomic E-state index is 0.00433. The first kappa shape index (κ1) is 30.1. The summed E-state index contributed by atoms with van der Waals surface area (Å²) in [5.41, 5.74) is -1.80. The van der Waals surface area contributed by atoms with Crippen LogP contribution in [0.15, 0.2) is 48.9 Å². The Morgan fingerprint density at radius 3 is 2.53 bits per heavy atom. The third kappa shape index (κ3) is 5.59. The lowest BCUT2D eigenvalue weighted by molar-refractivity contribution is -0.235. The average molecular weight is 655 g/mol. The molecule has 45 heavy (non-hydrogen) atoms. The molecule has 0 bridgehead atoms. The van der Waals surface area contributed by atoms with Gasteiger partial charge < -0.3 is 25.2 Å². The number of hydrogen-bond acceptors (Lipinski definition) is 9. The van der Waals surface area contributed by atoms with Crippen molar-refractivity contribution in [2.24, 2.45) is 0 Å². The number of aromatic amines is 1. The number of rotatable bonds is 5. The highest BCUT2D eigenvalue weighted by Gasteiger charge is 2.51. The molecule has 3 aromatic heterocycles. The molecule has 11 nitrogen and oxygen atoms in total. The van der Waals surface area contributed by atoms with Crippen LogP contribution in [0.4, 0.5) is 37.7 Å². The molecule has 0 aliphatic carbocycles. The maximum Gasteiger partial charge on any atom is 0.492 e. The van der Waals surface area contributed by atoms with Crippen molar-refractivity contribution in [3.05, 3.63) is 70.6 Å². The van der Waals surface area contributed by atoms with Crippen molar-refractivity contribution in [2.75, 3.05) is 23.7 Å². The molecule has 1 unspecified atom stereocenters. The van der Waals surface area contributed by atoms with Crippen LogP contribution in [0.3, 0.4) is 0 Å². The van der Waals surface area contributed by atoms with Gasteiger partial charge in [-0.2, -0.15) is 26.3 Å². The molecule has 1 spiro atoms. The smallest absolute Gasteiger partial charge is 0.439 e. The molecule has 1 amide bonds. The van der Waals surface area contributed by atoms with Crippen LogP contribution >= 0.6 is 11.6 Å². The Balaban J connectivity index is 1.28. The number of fused-ring (bicyclic) bond motifs is 3. The van der Waals surface area contributed by atoms with E-state index in [1.807, 2.05) is 0 Å². The van der Waals surface area contributed by atoms with Gasteiger partial charge in [0.1, 0.15) is 16.9 Å². The molecule has 6 rings (SSSR count). The lowest BCUT2D eigenvalue weighted by atomic mass is 9.92. The summed E-state index contributed by atoms with van der Waals surface area (Å²) in [7, 11) is 0. The maximum absolute atomic E-state index is 13.7. The van der Waals surface area contributed by atoms with Gasteiger partial charge in [0.05, 0.1) is 45.7 Å². The summed E-state index contributed by atoms with van der Waals surface area (Å²) >= 11 is 6.39. The van der Waals surface area contributed by atoms with Crippen LogP contribution in [-0.2, 0) is 20.6 Å². The fourth-order valence-electron chi connectivity index (χ4n) is 5.00. The third-order valence-electron chi connectivity index (χ3n) is 7.14. The van der Waals surface area contributed by atoms with Crippen LogP contribution in [0.5, 0.6) is 11.6 Å². The van der Waals surface area contributed by atoms with Crippen molar-refractivity contribution >= 4 is 51.7 Å². The molecule has 0 radical (unpaired) electrons. The molecule has 2 aliphatic heterocycles. The molecule has 5 heterocycles. The normalized spacial score (nSPS) is 18.4. The molecular formula is C27H17ClF6N6O5. The van der Waals surface area contributed by atoms with Gasteiger partial charge in [-0.25, -0.2) is 14.8 Å². The van der Waals surface area contributed by atoms with Crippen LogP contribution in [0.1, 0.15) is 27.9 Å². The summed E-state index contributed by atoms with van der Waals surface area (Å²) in [6.45, 7) is -0.615. The lowest BCUT2D eigenvalue weighted by Gasteiger charge is -2.35. The summed E-state index contributed by atoms with van der Waals surface area (Å²) < 4.78 is 82.7. The van der Waals surface area contributed by atoms with E-state index in [9.17, 15) is 40.7 Å². The quantitative estimate of drug-likeness (QED) is 0.189. The molecular weight excluding hydrogens is 638 g/mol. The van der Waals surface area contributed by atoms with Crippen molar-refractivity contribution in [2.45, 2.75) is 24.3 Å². The SMILES string of the molecule is O=C(c1ccc(Oc2cc(C(F)(F)F)ccn2)cc1Cl)c1c[nH]c2ncc3c(c12)NC1(CCN(OC(=O)C(F)(F)F)C1)C(=O)N3. The van der Waals surface area contributed by atoms with Crippen molar-refractivity contribution in [1.29, 1.82) is 0 Å². The Morgan fingerprint density at radius 1 is 1.04 bits per heavy atom. The summed E-state index contributed by atoms with van der Waals surface area (Å²) in [4.78, 5) is 53.3. The second kappa shape index (κ2) is 10.6. The Kier molecular flexibility index (Phi) is 7.11. The zero-order chi connectivity index (χ0) is 32.3. The number of carbonyl (C=O) groups is 3. The Hall–Kier alpha value is -4.90. The zero-order valence-electron chi connectivity index (χ0n) is 22.3. The van der Waals surface area contributed by atoms with Crippen molar-refractivity contribution in [3.63, 3.8) is 0 Å². The van der Waals surface area contributed by atoms with Crippen molar-refractivity contribution < 1.29 is 50.3 Å². The number of benzene rings is 1. The highest BCUT2D eigenvalue weighted by molar-refractivity contribution is 6.36. The second-order valence-electron chi connectivity index (χ2n) is 10.1. The van der Waals surface area contributed by atoms with E-state index in [1.54, 1.807) is 0 Å². The van der Waals surface area contributed by atoms with Crippen molar-refractivity contribution in [3.8, 4) is 11.6 Å². The van der Waals surface area contributed by atoms with E-state index in [-0.39, 0.29) is 63.2 Å². The zero-order valence-corrected chi connectivity index (χ0v) is 23.0. The first-order valence-corrected chi connectivity index (χ1v) is 13.2. The first-order valence-electron chi connectivity index (χ1n) is 12.8. The summed E-state index contributed by atoms with van der Waals surface area (Å²) in [5.74, 6) is -4.00. The van der Waals surface area contributed by atoms with Crippen LogP contribution < -0.4 is 15.4 Å². The molecule has 1 saturated heterocycles. The maximum atomic E-state index is 13.7. The van der Waals surface area contributed by atoms with E-state index in [0.717, 1.165) is 17.3 Å². The van der Waals surface area contributed by atoms with Gasteiger partial charge in [-0.15, -0.1) is 5.06 Å². The Bertz CT molecular complexity index is 1880. The molecule has 2 aliphatic rings. The highest BCUT2D eigenvalue weighted by Crippen LogP contribution is 2.42. The summed E-state index contributed by atoms with van der Waals surface area (Å²) in [6, 6.07) is 5.33. The number of ketones is 1. The van der Waals surface area contributed by atoms with Crippen LogP contribution in [0.25, 0.3) is 11.0 Å². The van der Waals surface area contributed by atoms with Crippen molar-refractivity contribution in [1.82, 2.24) is 20.0 Å². The predicted molar refractivity (Wildman–Crippen MR) is 144 cm³/mol. The molecule has 234 valence electrons. The number of alkyl halides is 6. The van der Waals surface area contributed by atoms with E-state index < -0.39 is 47.7 Å². The van der Waals surface area contributed by atoms with E-state index >= 15 is 0 Å². The van der Waals surface area contributed by atoms with E-state index in [4.69, 9.17) is 16.3 Å². The number of nitrogens with one attached hydrogen (secondary N) is 3. The fraction of sp³-hybridized carbons (Fsp3) is 0.222. The molecule has 1 atom stereocenters. The van der Waals surface area contributed by atoms with Crippen LogP contribution in [0.2, 0.25) is 5.02 Å². The van der Waals surface area contributed by atoms with E-state index in [1.165, 1.54) is 30.6 Å². The number of ether oxygens (including phenoxy) is 1. The minimum atomic E-state index is -5.23. The van der Waals surface area contributed by atoms with Gasteiger partial charge in [-0.05, 0) is 24.6 Å². The van der Waals surface area contributed by atoms with E-state index in [0.29, 0.717) is 6.07 Å². The van der Waals surface area contributed by atoms with Gasteiger partial charge in [-0.1, -0.05) is 11.6 Å². The number of hydrogen-bond donors (Lipinski definition) is 3. The van der Waals surface area contributed by atoms with Gasteiger partial charge >= 0.3 is 18.3 Å². The number of amides is 1. The molecule has 3 N–H and O–H groups in total. The minimum Gasteiger partial charge on any atom is -0.439 e. The van der Waals surface area contributed by atoms with Gasteiger partial charge in [0.2, 0.25) is 5.88 Å². The number of halogens is 7. The number of hydroxylamine groups is 2. The lowest BCUT2D eigenvalue weighted by Crippen LogP contribution is -2.54. The standard InChI is InChI=1S/C27H17ClF6N6O5/c28-16-8-13(44-18-7-12(3-5-35-18)26(29,30)31)1-2-14(16)21(41)15-9-36-22-19(15)20-17(10-37-22)38-23(42)25(39-20)4-6-40(11-25)45-24(43)27(32,33)34/h1-3,5,7-10,39H,4,6,11H2,(H,36,37)(H,38,42). The topological polar surface area (TPSA) is 139 Å². The number of H-pyrrole nitrogens is 1.